The van der Waals surface area contributed by atoms with Crippen LogP contribution < -0.4 is 0 Å². The summed E-state index contributed by atoms with van der Waals surface area (Å²) in [6.07, 6.45) is 0.789. The molecule has 3 nitrogen and oxygen atoms in total. The van der Waals surface area contributed by atoms with Crippen molar-refractivity contribution in [1.82, 2.24) is 0 Å². The zero-order valence-electron chi connectivity index (χ0n) is 9.85. The Hall–Kier alpha value is -1.06. The van der Waals surface area contributed by atoms with E-state index in [1.54, 1.807) is 6.07 Å². The van der Waals surface area contributed by atoms with Crippen LogP contribution in [0.15, 0.2) is 18.2 Å². The maximum absolute atomic E-state index is 9.45. The molecular formula is C13H20O3. The van der Waals surface area contributed by atoms with Gasteiger partial charge in [-0.15, -0.1) is 0 Å². The van der Waals surface area contributed by atoms with Crippen molar-refractivity contribution in [2.75, 3.05) is 6.61 Å². The summed E-state index contributed by atoms with van der Waals surface area (Å²) < 4.78 is 0. The molecule has 0 aliphatic heterocycles. The van der Waals surface area contributed by atoms with Gasteiger partial charge >= 0.3 is 0 Å². The lowest BCUT2D eigenvalue weighted by Gasteiger charge is -2.18. The molecule has 3 heteroatoms. The molecule has 0 radical (unpaired) electrons. The van der Waals surface area contributed by atoms with Gasteiger partial charge in [-0.25, -0.2) is 0 Å². The SMILES string of the molecule is CCC(CC(O)CO)c1ccc(O)c(C)c1. The maximum Gasteiger partial charge on any atom is 0.118 e. The average molecular weight is 224 g/mol. The van der Waals surface area contributed by atoms with E-state index in [1.165, 1.54) is 0 Å². The predicted molar refractivity (Wildman–Crippen MR) is 63.6 cm³/mol. The molecule has 0 aromatic heterocycles. The molecule has 2 unspecified atom stereocenters. The van der Waals surface area contributed by atoms with Crippen LogP contribution in [-0.4, -0.2) is 28.0 Å². The van der Waals surface area contributed by atoms with Gasteiger partial charge in [0.05, 0.1) is 12.7 Å². The van der Waals surface area contributed by atoms with Crippen molar-refractivity contribution in [3.63, 3.8) is 0 Å². The van der Waals surface area contributed by atoms with Gasteiger partial charge in [0.15, 0.2) is 0 Å². The minimum absolute atomic E-state index is 0.201. The van der Waals surface area contributed by atoms with Crippen LogP contribution >= 0.6 is 0 Å². The van der Waals surface area contributed by atoms with Crippen molar-refractivity contribution in [3.8, 4) is 5.75 Å². The maximum atomic E-state index is 9.45. The molecular weight excluding hydrogens is 204 g/mol. The van der Waals surface area contributed by atoms with E-state index in [2.05, 4.69) is 6.92 Å². The Bertz CT molecular complexity index is 336. The normalized spacial score (nSPS) is 14.8. The summed E-state index contributed by atoms with van der Waals surface area (Å²) in [7, 11) is 0. The van der Waals surface area contributed by atoms with Crippen LogP contribution in [-0.2, 0) is 0 Å². The lowest BCUT2D eigenvalue weighted by atomic mass is 9.90. The van der Waals surface area contributed by atoms with Crippen LogP contribution in [0.25, 0.3) is 0 Å². The summed E-state index contributed by atoms with van der Waals surface area (Å²) in [4.78, 5) is 0. The van der Waals surface area contributed by atoms with Gasteiger partial charge in [0.25, 0.3) is 0 Å². The molecule has 2 atom stereocenters. The first-order valence-electron chi connectivity index (χ1n) is 5.66. The molecule has 90 valence electrons. The molecule has 0 bridgehead atoms. The molecule has 0 fully saturated rings. The fraction of sp³-hybridized carbons (Fsp3) is 0.538. The van der Waals surface area contributed by atoms with Crippen LogP contribution in [0.5, 0.6) is 5.75 Å². The van der Waals surface area contributed by atoms with Crippen molar-refractivity contribution in [3.05, 3.63) is 29.3 Å². The number of rotatable bonds is 5. The van der Waals surface area contributed by atoms with Gasteiger partial charge in [-0.05, 0) is 42.9 Å². The minimum atomic E-state index is -0.668. The van der Waals surface area contributed by atoms with Crippen LogP contribution in [0, 0.1) is 6.92 Å². The van der Waals surface area contributed by atoms with Crippen LogP contribution in [0.3, 0.4) is 0 Å². The van der Waals surface area contributed by atoms with Gasteiger partial charge in [-0.3, -0.25) is 0 Å². The molecule has 16 heavy (non-hydrogen) atoms. The van der Waals surface area contributed by atoms with Crippen molar-refractivity contribution in [2.24, 2.45) is 0 Å². The molecule has 0 aliphatic carbocycles. The first kappa shape index (κ1) is 13.0. The highest BCUT2D eigenvalue weighted by Crippen LogP contribution is 2.28. The predicted octanol–water partition coefficient (Wildman–Crippen LogP) is 1.94. The van der Waals surface area contributed by atoms with Gasteiger partial charge in [0, 0.05) is 0 Å². The molecule has 1 rings (SSSR count). The Morgan fingerprint density at radius 1 is 1.31 bits per heavy atom. The van der Waals surface area contributed by atoms with Crippen molar-refractivity contribution >= 4 is 0 Å². The molecule has 0 saturated carbocycles. The Morgan fingerprint density at radius 3 is 2.50 bits per heavy atom. The standard InChI is InChI=1S/C13H20O3/c1-3-10(7-12(15)8-14)11-4-5-13(16)9(2)6-11/h4-6,10,12,14-16H,3,7-8H2,1-2H3. The number of hydrogen-bond donors (Lipinski definition) is 3. The number of aliphatic hydroxyl groups is 2. The number of hydrogen-bond acceptors (Lipinski definition) is 3. The highest BCUT2D eigenvalue weighted by atomic mass is 16.3. The van der Waals surface area contributed by atoms with Crippen molar-refractivity contribution < 1.29 is 15.3 Å². The Kier molecular flexibility index (Phi) is 4.77. The third-order valence-electron chi connectivity index (χ3n) is 2.95. The smallest absolute Gasteiger partial charge is 0.118 e. The molecule has 1 aromatic rings. The number of aliphatic hydroxyl groups excluding tert-OH is 2. The van der Waals surface area contributed by atoms with E-state index < -0.39 is 6.10 Å². The second-order valence-corrected chi connectivity index (χ2v) is 4.22. The number of aryl methyl sites for hydroxylation is 1. The van der Waals surface area contributed by atoms with E-state index in [0.717, 1.165) is 17.5 Å². The highest BCUT2D eigenvalue weighted by Gasteiger charge is 2.15. The summed E-state index contributed by atoms with van der Waals surface area (Å²) >= 11 is 0. The summed E-state index contributed by atoms with van der Waals surface area (Å²) in [6, 6.07) is 5.49. The summed E-state index contributed by atoms with van der Waals surface area (Å²) in [6.45, 7) is 3.71. The Morgan fingerprint density at radius 2 is 2.00 bits per heavy atom. The van der Waals surface area contributed by atoms with E-state index >= 15 is 0 Å². The Balaban J connectivity index is 2.82. The molecule has 0 saturated heterocycles. The third-order valence-corrected chi connectivity index (χ3v) is 2.95. The monoisotopic (exact) mass is 224 g/mol. The first-order valence-corrected chi connectivity index (χ1v) is 5.66. The number of phenols is 1. The van der Waals surface area contributed by atoms with Gasteiger partial charge in [0.2, 0.25) is 0 Å². The third kappa shape index (κ3) is 3.22. The largest absolute Gasteiger partial charge is 0.508 e. The fourth-order valence-corrected chi connectivity index (χ4v) is 1.87. The van der Waals surface area contributed by atoms with Crippen LogP contribution in [0.4, 0.5) is 0 Å². The molecule has 0 heterocycles. The zero-order chi connectivity index (χ0) is 12.1. The lowest BCUT2D eigenvalue weighted by molar-refractivity contribution is 0.0817. The topological polar surface area (TPSA) is 60.7 Å². The molecule has 0 spiro atoms. The van der Waals surface area contributed by atoms with Crippen molar-refractivity contribution in [1.29, 1.82) is 0 Å². The minimum Gasteiger partial charge on any atom is -0.508 e. The Labute approximate surface area is 96.4 Å². The fourth-order valence-electron chi connectivity index (χ4n) is 1.87. The quantitative estimate of drug-likeness (QED) is 0.716. The lowest BCUT2D eigenvalue weighted by Crippen LogP contribution is -2.16. The van der Waals surface area contributed by atoms with Gasteiger partial charge < -0.3 is 15.3 Å². The molecule has 0 aliphatic rings. The summed E-state index contributed by atoms with van der Waals surface area (Å²) in [5, 5.41) is 27.7. The number of aromatic hydroxyl groups is 1. The van der Waals surface area contributed by atoms with Gasteiger partial charge in [0.1, 0.15) is 5.75 Å². The van der Waals surface area contributed by atoms with Crippen LogP contribution in [0.1, 0.15) is 36.8 Å². The number of phenolic OH excluding ortho intramolecular Hbond substituents is 1. The first-order chi connectivity index (χ1) is 7.58. The van der Waals surface area contributed by atoms with E-state index in [4.69, 9.17) is 5.11 Å². The zero-order valence-corrected chi connectivity index (χ0v) is 9.85. The van der Waals surface area contributed by atoms with E-state index in [0.29, 0.717) is 12.2 Å². The summed E-state index contributed by atoms with van der Waals surface area (Å²) in [5.74, 6) is 0.516. The highest BCUT2D eigenvalue weighted by molar-refractivity contribution is 5.36. The summed E-state index contributed by atoms with van der Waals surface area (Å²) in [5.41, 5.74) is 1.94. The molecule has 3 N–H and O–H groups in total. The van der Waals surface area contributed by atoms with Crippen molar-refractivity contribution in [2.45, 2.75) is 38.7 Å². The van der Waals surface area contributed by atoms with Crippen LogP contribution in [0.2, 0.25) is 0 Å². The number of benzene rings is 1. The van der Waals surface area contributed by atoms with Gasteiger partial charge in [-0.2, -0.15) is 0 Å². The molecule has 1 aromatic carbocycles. The average Bonchev–Trinajstić information content (AvgIpc) is 2.29. The van der Waals surface area contributed by atoms with Gasteiger partial charge in [-0.1, -0.05) is 19.1 Å². The molecule has 0 amide bonds. The van der Waals surface area contributed by atoms with E-state index in [9.17, 15) is 10.2 Å². The van der Waals surface area contributed by atoms with E-state index in [-0.39, 0.29) is 12.5 Å². The second-order valence-electron chi connectivity index (χ2n) is 4.22. The van der Waals surface area contributed by atoms with E-state index in [1.807, 2.05) is 19.1 Å². The second kappa shape index (κ2) is 5.87.